The van der Waals surface area contributed by atoms with Gasteiger partial charge in [-0.15, -0.1) is 0 Å². The minimum Gasteiger partial charge on any atom is -0.497 e. The maximum Gasteiger partial charge on any atom is 0.178 e. The zero-order valence-corrected chi connectivity index (χ0v) is 15.3. The zero-order valence-electron chi connectivity index (χ0n) is 14.4. The molecule has 0 aliphatic carbocycles. The van der Waals surface area contributed by atoms with E-state index in [0.717, 1.165) is 54.0 Å². The number of imidazole rings is 1. The van der Waals surface area contributed by atoms with Crippen molar-refractivity contribution in [2.45, 2.75) is 25.4 Å². The molecular formula is C20H23N3OS. The Hall–Kier alpha value is -2.11. The summed E-state index contributed by atoms with van der Waals surface area (Å²) in [5, 5.41) is 0. The van der Waals surface area contributed by atoms with Crippen LogP contribution in [0.25, 0.3) is 11.0 Å². The standard InChI is InChI=1S/C20H23N3OS/c1-24-17-7-8-18-19(13-17)23(20(25)21-18)16-9-11-22(12-10-16)14-15-5-3-2-4-6-15/h2-8,13,16H,9-12,14H2,1H3,(H,21,25). The van der Waals surface area contributed by atoms with Gasteiger partial charge in [0.2, 0.25) is 0 Å². The van der Waals surface area contributed by atoms with E-state index in [9.17, 15) is 0 Å². The average Bonchev–Trinajstić information content (AvgIpc) is 2.98. The van der Waals surface area contributed by atoms with Crippen LogP contribution >= 0.6 is 12.2 Å². The summed E-state index contributed by atoms with van der Waals surface area (Å²) in [7, 11) is 1.70. The van der Waals surface area contributed by atoms with Gasteiger partial charge < -0.3 is 14.3 Å². The third kappa shape index (κ3) is 3.34. The molecule has 1 saturated heterocycles. The summed E-state index contributed by atoms with van der Waals surface area (Å²) in [5.41, 5.74) is 3.61. The number of rotatable bonds is 4. The maximum atomic E-state index is 5.60. The van der Waals surface area contributed by atoms with E-state index in [2.05, 4.69) is 50.8 Å². The van der Waals surface area contributed by atoms with Crippen LogP contribution in [0.4, 0.5) is 0 Å². The molecule has 2 aromatic carbocycles. The fraction of sp³-hybridized carbons (Fsp3) is 0.350. The summed E-state index contributed by atoms with van der Waals surface area (Å²) in [4.78, 5) is 5.87. The number of methoxy groups -OCH3 is 1. The molecule has 1 aromatic heterocycles. The number of benzene rings is 2. The van der Waals surface area contributed by atoms with Crippen molar-refractivity contribution in [2.24, 2.45) is 0 Å². The molecule has 25 heavy (non-hydrogen) atoms. The minimum atomic E-state index is 0.445. The molecule has 0 bridgehead atoms. The molecule has 0 radical (unpaired) electrons. The second-order valence-corrected chi connectivity index (χ2v) is 7.06. The van der Waals surface area contributed by atoms with Gasteiger partial charge in [-0.1, -0.05) is 30.3 Å². The summed E-state index contributed by atoms with van der Waals surface area (Å²) in [6.07, 6.45) is 2.23. The number of hydrogen-bond donors (Lipinski definition) is 1. The smallest absolute Gasteiger partial charge is 0.178 e. The maximum absolute atomic E-state index is 5.60. The molecule has 3 aromatic rings. The van der Waals surface area contributed by atoms with Crippen molar-refractivity contribution in [2.75, 3.05) is 20.2 Å². The van der Waals surface area contributed by atoms with Crippen LogP contribution in [-0.2, 0) is 6.54 Å². The average molecular weight is 353 g/mol. The molecular weight excluding hydrogens is 330 g/mol. The van der Waals surface area contributed by atoms with Crippen LogP contribution in [-0.4, -0.2) is 34.7 Å². The molecule has 2 heterocycles. The molecule has 4 rings (SSSR count). The van der Waals surface area contributed by atoms with Crippen LogP contribution in [0.15, 0.2) is 48.5 Å². The number of nitrogens with zero attached hydrogens (tertiary/aromatic N) is 2. The number of likely N-dealkylation sites (tertiary alicyclic amines) is 1. The van der Waals surface area contributed by atoms with E-state index in [4.69, 9.17) is 17.0 Å². The van der Waals surface area contributed by atoms with Gasteiger partial charge >= 0.3 is 0 Å². The molecule has 5 heteroatoms. The Balaban J connectivity index is 1.52. The Morgan fingerprint density at radius 3 is 2.60 bits per heavy atom. The monoisotopic (exact) mass is 353 g/mol. The Morgan fingerprint density at radius 2 is 1.88 bits per heavy atom. The first-order chi connectivity index (χ1) is 12.2. The summed E-state index contributed by atoms with van der Waals surface area (Å²) in [6, 6.07) is 17.2. The van der Waals surface area contributed by atoms with Gasteiger partial charge in [0.05, 0.1) is 18.1 Å². The van der Waals surface area contributed by atoms with Gasteiger partial charge in [-0.25, -0.2) is 0 Å². The van der Waals surface area contributed by atoms with Gasteiger partial charge in [-0.3, -0.25) is 4.90 Å². The second kappa shape index (κ2) is 7.02. The van der Waals surface area contributed by atoms with Crippen LogP contribution in [0.1, 0.15) is 24.4 Å². The highest BCUT2D eigenvalue weighted by Crippen LogP contribution is 2.29. The van der Waals surface area contributed by atoms with Gasteiger partial charge in [0, 0.05) is 31.7 Å². The summed E-state index contributed by atoms with van der Waals surface area (Å²) in [6.45, 7) is 3.22. The Bertz CT molecular complexity index is 908. The Morgan fingerprint density at radius 1 is 1.12 bits per heavy atom. The Labute approximate surface area is 153 Å². The van der Waals surface area contributed by atoms with Crippen molar-refractivity contribution in [1.29, 1.82) is 0 Å². The van der Waals surface area contributed by atoms with Crippen molar-refractivity contribution in [1.82, 2.24) is 14.5 Å². The highest BCUT2D eigenvalue weighted by Gasteiger charge is 2.22. The molecule has 0 unspecified atom stereocenters. The van der Waals surface area contributed by atoms with Crippen LogP contribution in [0.2, 0.25) is 0 Å². The van der Waals surface area contributed by atoms with E-state index in [1.54, 1.807) is 7.11 Å². The molecule has 1 N–H and O–H groups in total. The molecule has 0 saturated carbocycles. The van der Waals surface area contributed by atoms with Gasteiger partial charge in [-0.05, 0) is 42.8 Å². The van der Waals surface area contributed by atoms with Crippen LogP contribution in [0.5, 0.6) is 5.75 Å². The second-order valence-electron chi connectivity index (χ2n) is 6.68. The largest absolute Gasteiger partial charge is 0.497 e. The molecule has 0 amide bonds. The third-order valence-corrected chi connectivity index (χ3v) is 5.39. The van der Waals surface area contributed by atoms with Crippen LogP contribution in [0.3, 0.4) is 0 Å². The van der Waals surface area contributed by atoms with Crippen molar-refractivity contribution in [3.8, 4) is 5.75 Å². The molecule has 130 valence electrons. The molecule has 0 atom stereocenters. The predicted octanol–water partition coefficient (Wildman–Crippen LogP) is 4.54. The molecule has 1 aliphatic heterocycles. The lowest BCUT2D eigenvalue weighted by molar-refractivity contribution is 0.181. The molecule has 1 fully saturated rings. The van der Waals surface area contributed by atoms with Crippen molar-refractivity contribution in [3.05, 3.63) is 58.9 Å². The summed E-state index contributed by atoms with van der Waals surface area (Å²) < 4.78 is 8.48. The number of aromatic nitrogens is 2. The quantitative estimate of drug-likeness (QED) is 0.699. The first-order valence-electron chi connectivity index (χ1n) is 8.79. The number of aromatic amines is 1. The van der Waals surface area contributed by atoms with Crippen molar-refractivity contribution < 1.29 is 4.74 Å². The number of fused-ring (bicyclic) bond motifs is 1. The lowest BCUT2D eigenvalue weighted by Gasteiger charge is -2.33. The minimum absolute atomic E-state index is 0.445. The number of piperidine rings is 1. The lowest BCUT2D eigenvalue weighted by Crippen LogP contribution is -2.34. The number of H-pyrrole nitrogens is 1. The van der Waals surface area contributed by atoms with Gasteiger partial charge in [0.15, 0.2) is 4.77 Å². The SMILES string of the molecule is COc1ccc2[nH]c(=S)n(C3CCN(Cc4ccccc4)CC3)c2c1. The Kier molecular flexibility index (Phi) is 4.59. The van der Waals surface area contributed by atoms with Crippen molar-refractivity contribution >= 4 is 23.3 Å². The molecule has 1 aliphatic rings. The van der Waals surface area contributed by atoms with Gasteiger partial charge in [0.1, 0.15) is 5.75 Å². The van der Waals surface area contributed by atoms with Crippen molar-refractivity contribution in [3.63, 3.8) is 0 Å². The normalized spacial score (nSPS) is 16.4. The van der Waals surface area contributed by atoms with E-state index >= 15 is 0 Å². The first-order valence-corrected chi connectivity index (χ1v) is 9.20. The summed E-state index contributed by atoms with van der Waals surface area (Å²) >= 11 is 5.60. The predicted molar refractivity (Wildman–Crippen MR) is 104 cm³/mol. The fourth-order valence-electron chi connectivity index (χ4n) is 3.77. The highest BCUT2D eigenvalue weighted by molar-refractivity contribution is 7.71. The third-order valence-electron chi connectivity index (χ3n) is 5.10. The van der Waals surface area contributed by atoms with E-state index < -0.39 is 0 Å². The van der Waals surface area contributed by atoms with E-state index in [-0.39, 0.29) is 0 Å². The number of hydrogen-bond acceptors (Lipinski definition) is 3. The van der Waals surface area contributed by atoms with Gasteiger partial charge in [-0.2, -0.15) is 0 Å². The van der Waals surface area contributed by atoms with Crippen LogP contribution in [0, 0.1) is 4.77 Å². The fourth-order valence-corrected chi connectivity index (χ4v) is 4.13. The highest BCUT2D eigenvalue weighted by atomic mass is 32.1. The lowest BCUT2D eigenvalue weighted by atomic mass is 10.0. The summed E-state index contributed by atoms with van der Waals surface area (Å²) in [5.74, 6) is 0.872. The first kappa shape index (κ1) is 16.4. The molecule has 0 spiro atoms. The van der Waals surface area contributed by atoms with E-state index in [1.807, 2.05) is 12.1 Å². The molecule has 4 nitrogen and oxygen atoms in total. The number of ether oxygens (including phenoxy) is 1. The van der Waals surface area contributed by atoms with E-state index in [1.165, 1.54) is 5.56 Å². The van der Waals surface area contributed by atoms with Crippen LogP contribution < -0.4 is 4.74 Å². The topological polar surface area (TPSA) is 33.2 Å². The van der Waals surface area contributed by atoms with E-state index in [0.29, 0.717) is 6.04 Å². The zero-order chi connectivity index (χ0) is 17.2. The number of nitrogens with one attached hydrogen (secondary N) is 1. The van der Waals surface area contributed by atoms with Gasteiger partial charge in [0.25, 0.3) is 0 Å².